The number of thiazole rings is 1. The van der Waals surface area contributed by atoms with Crippen molar-refractivity contribution in [3.8, 4) is 0 Å². The maximum absolute atomic E-state index is 12.4. The van der Waals surface area contributed by atoms with Crippen molar-refractivity contribution < 1.29 is 0 Å². The third-order valence-electron chi connectivity index (χ3n) is 5.46. The minimum absolute atomic E-state index is 0.204. The van der Waals surface area contributed by atoms with Crippen LogP contribution in [0.25, 0.3) is 10.2 Å². The second-order valence-electron chi connectivity index (χ2n) is 6.77. The first kappa shape index (κ1) is 14.5. The molecule has 0 unspecified atom stereocenters. The van der Waals surface area contributed by atoms with Crippen molar-refractivity contribution in [2.75, 3.05) is 6.54 Å². The van der Waals surface area contributed by atoms with Gasteiger partial charge in [0.1, 0.15) is 0 Å². The number of nitrogens with zero attached hydrogens (tertiary/aromatic N) is 2. The average Bonchev–Trinajstić information content (AvgIpc) is 3.17. The molecule has 0 radical (unpaired) electrons. The molecule has 22 heavy (non-hydrogen) atoms. The molecule has 0 saturated carbocycles. The molecule has 2 aliphatic rings. The quantitative estimate of drug-likeness (QED) is 0.841. The molecule has 3 nitrogen and oxygen atoms in total. The molecule has 118 valence electrons. The van der Waals surface area contributed by atoms with Crippen molar-refractivity contribution in [2.45, 2.75) is 64.1 Å². The second kappa shape index (κ2) is 5.82. The number of aryl methyl sites for hydroxylation is 1. The van der Waals surface area contributed by atoms with E-state index in [2.05, 4.69) is 30.0 Å². The van der Waals surface area contributed by atoms with Crippen LogP contribution in [0, 0.1) is 0 Å². The zero-order valence-electron chi connectivity index (χ0n) is 13.3. The summed E-state index contributed by atoms with van der Waals surface area (Å²) < 4.78 is 3.15. The van der Waals surface area contributed by atoms with Crippen LogP contribution < -0.4 is 4.87 Å². The Bertz CT molecular complexity index is 712. The minimum atomic E-state index is 0.204. The highest BCUT2D eigenvalue weighted by Crippen LogP contribution is 2.37. The molecule has 3 heterocycles. The molecule has 0 aliphatic carbocycles. The Morgan fingerprint density at radius 2 is 1.86 bits per heavy atom. The zero-order valence-corrected chi connectivity index (χ0v) is 14.1. The average molecular weight is 316 g/mol. The Morgan fingerprint density at radius 1 is 1.14 bits per heavy atom. The van der Waals surface area contributed by atoms with Crippen LogP contribution in [0.4, 0.5) is 0 Å². The van der Waals surface area contributed by atoms with E-state index in [4.69, 9.17) is 0 Å². The predicted molar refractivity (Wildman–Crippen MR) is 92.8 cm³/mol. The van der Waals surface area contributed by atoms with E-state index in [1.165, 1.54) is 42.6 Å². The van der Waals surface area contributed by atoms with Gasteiger partial charge in [0.2, 0.25) is 0 Å². The molecule has 4 rings (SSSR count). The number of aromatic nitrogens is 1. The third kappa shape index (κ3) is 2.42. The Kier molecular flexibility index (Phi) is 3.82. The highest BCUT2D eigenvalue weighted by atomic mass is 32.1. The van der Waals surface area contributed by atoms with E-state index >= 15 is 0 Å². The van der Waals surface area contributed by atoms with E-state index in [0.29, 0.717) is 0 Å². The molecular weight excluding hydrogens is 292 g/mol. The van der Waals surface area contributed by atoms with Crippen molar-refractivity contribution in [3.05, 3.63) is 33.4 Å². The highest BCUT2D eigenvalue weighted by molar-refractivity contribution is 7.16. The van der Waals surface area contributed by atoms with E-state index in [9.17, 15) is 4.79 Å². The largest absolute Gasteiger partial charge is 0.308 e. The van der Waals surface area contributed by atoms with E-state index in [1.54, 1.807) is 0 Å². The lowest BCUT2D eigenvalue weighted by Gasteiger charge is -2.21. The summed E-state index contributed by atoms with van der Waals surface area (Å²) in [6, 6.07) is 8.13. The number of benzene rings is 1. The summed E-state index contributed by atoms with van der Waals surface area (Å²) in [6.07, 6.45) is 7.71. The first-order valence-corrected chi connectivity index (χ1v) is 9.46. The predicted octanol–water partition coefficient (Wildman–Crippen LogP) is 3.64. The second-order valence-corrected chi connectivity index (χ2v) is 7.77. The van der Waals surface area contributed by atoms with Crippen LogP contribution in [0.1, 0.15) is 44.6 Å². The first-order chi connectivity index (χ1) is 10.8. The highest BCUT2D eigenvalue weighted by Gasteiger charge is 2.38. The molecule has 1 aromatic heterocycles. The van der Waals surface area contributed by atoms with Gasteiger partial charge in [-0.2, -0.15) is 0 Å². The summed E-state index contributed by atoms with van der Waals surface area (Å²) in [6.45, 7) is 4.08. The number of hydrogen-bond donors (Lipinski definition) is 0. The van der Waals surface area contributed by atoms with Crippen LogP contribution in [0.5, 0.6) is 0 Å². The van der Waals surface area contributed by atoms with Crippen LogP contribution in [0.3, 0.4) is 0 Å². The number of fused-ring (bicyclic) bond motifs is 3. The molecule has 1 aromatic carbocycles. The minimum Gasteiger partial charge on any atom is -0.297 e. The molecule has 2 aromatic rings. The Hall–Kier alpha value is -1.13. The van der Waals surface area contributed by atoms with Gasteiger partial charge in [0, 0.05) is 25.2 Å². The lowest BCUT2D eigenvalue weighted by molar-refractivity contribution is 0.243. The maximum Gasteiger partial charge on any atom is 0.308 e. The monoisotopic (exact) mass is 316 g/mol. The van der Waals surface area contributed by atoms with Crippen molar-refractivity contribution in [2.24, 2.45) is 0 Å². The summed E-state index contributed by atoms with van der Waals surface area (Å²) in [7, 11) is 0. The van der Waals surface area contributed by atoms with Gasteiger partial charge in [-0.05, 0) is 49.8 Å². The number of hydrogen-bond acceptors (Lipinski definition) is 3. The van der Waals surface area contributed by atoms with Crippen LogP contribution in [0.2, 0.25) is 0 Å². The first-order valence-electron chi connectivity index (χ1n) is 8.64. The standard InChI is InChI=1S/C18H24N2OS/c1-2-3-13-4-9-16-17(12-13)22-18(21)20(16)11-10-19-14-5-6-15(19)8-7-14/h4,9,12,14-15H,2-3,5-8,10-11H2,1H3. The summed E-state index contributed by atoms with van der Waals surface area (Å²) in [5.74, 6) is 0. The van der Waals surface area contributed by atoms with Gasteiger partial charge in [-0.25, -0.2) is 0 Å². The van der Waals surface area contributed by atoms with Gasteiger partial charge in [0.15, 0.2) is 0 Å². The molecule has 0 N–H and O–H groups in total. The molecule has 0 atom stereocenters. The van der Waals surface area contributed by atoms with Crippen molar-refractivity contribution in [3.63, 3.8) is 0 Å². The smallest absolute Gasteiger partial charge is 0.297 e. The van der Waals surface area contributed by atoms with E-state index < -0.39 is 0 Å². The van der Waals surface area contributed by atoms with Gasteiger partial charge >= 0.3 is 4.87 Å². The molecule has 2 fully saturated rings. The fourth-order valence-electron chi connectivity index (χ4n) is 4.37. The molecule has 4 heteroatoms. The Balaban J connectivity index is 1.56. The van der Waals surface area contributed by atoms with Gasteiger partial charge in [-0.15, -0.1) is 0 Å². The maximum atomic E-state index is 12.4. The lowest BCUT2D eigenvalue weighted by Crippen LogP contribution is -2.33. The fraction of sp³-hybridized carbons (Fsp3) is 0.611. The van der Waals surface area contributed by atoms with Gasteiger partial charge in [0.05, 0.1) is 10.2 Å². The Morgan fingerprint density at radius 3 is 2.55 bits per heavy atom. The lowest BCUT2D eigenvalue weighted by atomic mass is 10.0. The van der Waals surface area contributed by atoms with Crippen molar-refractivity contribution in [1.29, 1.82) is 0 Å². The SMILES string of the molecule is CCCc1ccc2c(c1)sc(=O)n2CCN1C2CCC1CC2. The van der Waals surface area contributed by atoms with Crippen LogP contribution in [0.15, 0.2) is 23.0 Å². The molecule has 2 saturated heterocycles. The summed E-state index contributed by atoms with van der Waals surface area (Å²) in [5.41, 5.74) is 2.47. The normalized spacial score (nSPS) is 24.6. The van der Waals surface area contributed by atoms with Crippen molar-refractivity contribution >= 4 is 21.6 Å². The topological polar surface area (TPSA) is 25.2 Å². The number of rotatable bonds is 5. The zero-order chi connectivity index (χ0) is 15.1. The Labute approximate surface area is 135 Å². The van der Waals surface area contributed by atoms with E-state index in [1.807, 2.05) is 4.57 Å². The molecule has 0 spiro atoms. The molecule has 2 bridgehead atoms. The van der Waals surface area contributed by atoms with Crippen LogP contribution in [-0.2, 0) is 13.0 Å². The van der Waals surface area contributed by atoms with Gasteiger partial charge in [0.25, 0.3) is 0 Å². The molecule has 0 amide bonds. The third-order valence-corrected chi connectivity index (χ3v) is 6.40. The molecule has 2 aliphatic heterocycles. The fourth-order valence-corrected chi connectivity index (χ4v) is 5.35. The summed E-state index contributed by atoms with van der Waals surface area (Å²) >= 11 is 1.41. The van der Waals surface area contributed by atoms with Gasteiger partial charge < -0.3 is 0 Å². The van der Waals surface area contributed by atoms with Crippen LogP contribution in [-0.4, -0.2) is 28.1 Å². The van der Waals surface area contributed by atoms with E-state index in [0.717, 1.165) is 48.2 Å². The molecular formula is C18H24N2OS. The van der Waals surface area contributed by atoms with Gasteiger partial charge in [-0.1, -0.05) is 30.7 Å². The van der Waals surface area contributed by atoms with Crippen molar-refractivity contribution in [1.82, 2.24) is 9.47 Å². The summed E-state index contributed by atoms with van der Waals surface area (Å²) in [5, 5.41) is 0. The summed E-state index contributed by atoms with van der Waals surface area (Å²) in [4.78, 5) is 15.2. The van der Waals surface area contributed by atoms with Crippen LogP contribution >= 0.6 is 11.3 Å². The van der Waals surface area contributed by atoms with E-state index in [-0.39, 0.29) is 4.87 Å². The van der Waals surface area contributed by atoms with Gasteiger partial charge in [-0.3, -0.25) is 14.3 Å².